The van der Waals surface area contributed by atoms with Crippen molar-refractivity contribution in [2.75, 3.05) is 13.7 Å². The van der Waals surface area contributed by atoms with Crippen LogP contribution in [0.3, 0.4) is 0 Å². The first kappa shape index (κ1) is 28.6. The number of carbonyl (C=O) groups excluding carboxylic acids is 1. The molecule has 10 nitrogen and oxygen atoms in total. The number of rotatable bonds is 8. The van der Waals surface area contributed by atoms with Crippen LogP contribution in [-0.2, 0) is 33.3 Å². The summed E-state index contributed by atoms with van der Waals surface area (Å²) >= 11 is 6.34. The van der Waals surface area contributed by atoms with Gasteiger partial charge in [-0.2, -0.15) is 18.2 Å². The molecule has 0 saturated carbocycles. The van der Waals surface area contributed by atoms with Gasteiger partial charge >= 0.3 is 12.1 Å². The first-order chi connectivity index (χ1) is 19.6. The van der Waals surface area contributed by atoms with Crippen LogP contribution in [0.5, 0.6) is 5.75 Å². The van der Waals surface area contributed by atoms with Crippen LogP contribution in [0.4, 0.5) is 13.2 Å². The van der Waals surface area contributed by atoms with Crippen molar-refractivity contribution in [3.63, 3.8) is 0 Å². The molecule has 1 aliphatic rings. The van der Waals surface area contributed by atoms with E-state index < -0.39 is 30.2 Å². The molecule has 0 unspecified atom stereocenters. The zero-order valence-corrected chi connectivity index (χ0v) is 23.0. The monoisotopic (exact) mass is 591 g/mol. The average molecular weight is 592 g/mol. The number of hydrogen-bond donors (Lipinski definition) is 0. The van der Waals surface area contributed by atoms with E-state index >= 15 is 0 Å². The van der Waals surface area contributed by atoms with Crippen LogP contribution < -0.4 is 4.74 Å². The summed E-state index contributed by atoms with van der Waals surface area (Å²) in [5.41, 5.74) is 1.94. The number of halogens is 4. The second kappa shape index (κ2) is 11.5. The third-order valence-electron chi connectivity index (χ3n) is 6.60. The molecular formula is C27H25ClF3N5O5. The summed E-state index contributed by atoms with van der Waals surface area (Å²) in [5.74, 6) is -0.815. The summed E-state index contributed by atoms with van der Waals surface area (Å²) in [6, 6.07) is 9.90. The number of fused-ring (bicyclic) bond motifs is 3. The third-order valence-corrected chi connectivity index (χ3v) is 6.83. The zero-order valence-electron chi connectivity index (χ0n) is 22.2. The number of hydrogen-bond acceptors (Lipinski definition) is 9. The van der Waals surface area contributed by atoms with Crippen molar-refractivity contribution in [3.8, 4) is 11.4 Å². The maximum atomic E-state index is 14.2. The Balaban J connectivity index is 1.60. The minimum absolute atomic E-state index is 0.0337. The van der Waals surface area contributed by atoms with Crippen molar-refractivity contribution in [3.05, 3.63) is 81.5 Å². The van der Waals surface area contributed by atoms with E-state index in [1.165, 1.54) is 19.2 Å². The maximum absolute atomic E-state index is 14.2. The van der Waals surface area contributed by atoms with Crippen LogP contribution in [0.2, 0.25) is 5.02 Å². The van der Waals surface area contributed by atoms with Gasteiger partial charge in [0.2, 0.25) is 11.7 Å². The summed E-state index contributed by atoms with van der Waals surface area (Å²) in [6.45, 7) is 3.78. The third kappa shape index (κ3) is 5.77. The first-order valence-electron chi connectivity index (χ1n) is 12.7. The molecule has 216 valence electrons. The van der Waals surface area contributed by atoms with E-state index in [1.807, 2.05) is 13.0 Å². The van der Waals surface area contributed by atoms with Gasteiger partial charge in [0.15, 0.2) is 11.6 Å². The van der Waals surface area contributed by atoms with Crippen LogP contribution in [0, 0.1) is 6.92 Å². The van der Waals surface area contributed by atoms with Crippen LogP contribution >= 0.6 is 11.6 Å². The standard InChI is InChI=1S/C27H25ClF3N5O5/c1-4-39-23(37)11-10-22-32-21(35-41-22)13-20-25-33-34-26(27(29,30)31)36(25)18-9-8-15(28)12-17(18)24(40-20)16-6-5-7-19(38-3)14(16)2/h5-9,12,20,24H,4,10-11,13H2,1-3H3/t20-,24-/m1/s1. The molecule has 14 heteroatoms. The maximum Gasteiger partial charge on any atom is 0.452 e. The van der Waals surface area contributed by atoms with E-state index in [-0.39, 0.29) is 49.1 Å². The van der Waals surface area contributed by atoms with Gasteiger partial charge in [-0.25, -0.2) is 0 Å². The van der Waals surface area contributed by atoms with Gasteiger partial charge in [-0.15, -0.1) is 10.2 Å². The molecule has 0 amide bonds. The van der Waals surface area contributed by atoms with Crippen LogP contribution in [-0.4, -0.2) is 44.6 Å². The number of aromatic nitrogens is 5. The highest BCUT2D eigenvalue weighted by Crippen LogP contribution is 2.45. The van der Waals surface area contributed by atoms with Gasteiger partial charge in [0, 0.05) is 23.4 Å². The Morgan fingerprint density at radius 2 is 1.98 bits per heavy atom. The van der Waals surface area contributed by atoms with Gasteiger partial charge in [0.25, 0.3) is 0 Å². The van der Waals surface area contributed by atoms with Crippen molar-refractivity contribution < 1.29 is 36.7 Å². The molecule has 3 heterocycles. The topological polar surface area (TPSA) is 114 Å². The molecule has 0 fully saturated rings. The normalized spacial score (nSPS) is 16.6. The van der Waals surface area contributed by atoms with Crippen LogP contribution in [0.25, 0.3) is 5.69 Å². The highest BCUT2D eigenvalue weighted by molar-refractivity contribution is 6.30. The lowest BCUT2D eigenvalue weighted by molar-refractivity contribution is -0.146. The summed E-state index contributed by atoms with van der Waals surface area (Å²) in [6.07, 6.45) is -6.70. The number of alkyl halides is 3. The molecule has 0 saturated heterocycles. The number of esters is 1. The van der Waals surface area contributed by atoms with E-state index in [2.05, 4.69) is 20.3 Å². The number of ether oxygens (including phenoxy) is 3. The van der Waals surface area contributed by atoms with Gasteiger partial charge in [0.05, 0.1) is 25.8 Å². The van der Waals surface area contributed by atoms with E-state index in [0.717, 1.165) is 10.1 Å². The van der Waals surface area contributed by atoms with E-state index in [0.29, 0.717) is 21.9 Å². The minimum atomic E-state index is -4.81. The molecule has 1 aliphatic heterocycles. The van der Waals surface area contributed by atoms with Crippen molar-refractivity contribution in [2.45, 2.75) is 51.5 Å². The van der Waals surface area contributed by atoms with Crippen molar-refractivity contribution in [1.82, 2.24) is 24.9 Å². The summed E-state index contributed by atoms with van der Waals surface area (Å²) in [5, 5.41) is 11.7. The predicted molar refractivity (Wildman–Crippen MR) is 138 cm³/mol. The molecule has 2 atom stereocenters. The number of benzene rings is 2. The van der Waals surface area contributed by atoms with Gasteiger partial charge in [-0.1, -0.05) is 28.9 Å². The number of carbonyl (C=O) groups is 1. The molecule has 0 aliphatic carbocycles. The predicted octanol–water partition coefficient (Wildman–Crippen LogP) is 5.54. The van der Waals surface area contributed by atoms with E-state index in [9.17, 15) is 18.0 Å². The lowest BCUT2D eigenvalue weighted by atomic mass is 9.95. The lowest BCUT2D eigenvalue weighted by Gasteiger charge is -2.24. The Labute approximate surface area is 237 Å². The molecule has 0 radical (unpaired) electrons. The Morgan fingerprint density at radius 3 is 2.71 bits per heavy atom. The lowest BCUT2D eigenvalue weighted by Crippen LogP contribution is -2.17. The summed E-state index contributed by atoms with van der Waals surface area (Å²) in [7, 11) is 1.53. The zero-order chi connectivity index (χ0) is 29.3. The van der Waals surface area contributed by atoms with Crippen molar-refractivity contribution >= 4 is 17.6 Å². The molecule has 2 aromatic carbocycles. The molecule has 0 N–H and O–H groups in total. The summed E-state index contributed by atoms with van der Waals surface area (Å²) < 4.78 is 65.7. The Bertz CT molecular complexity index is 1570. The van der Waals surface area contributed by atoms with E-state index in [1.54, 1.807) is 25.1 Å². The Morgan fingerprint density at radius 1 is 1.17 bits per heavy atom. The number of nitrogens with zero attached hydrogens (tertiary/aromatic N) is 5. The molecule has 41 heavy (non-hydrogen) atoms. The fourth-order valence-corrected chi connectivity index (χ4v) is 4.94. The average Bonchev–Trinajstić information content (AvgIpc) is 3.55. The number of aryl methyl sites for hydroxylation is 1. The van der Waals surface area contributed by atoms with Gasteiger partial charge in [-0.3, -0.25) is 9.36 Å². The second-order valence-electron chi connectivity index (χ2n) is 9.21. The fourth-order valence-electron chi connectivity index (χ4n) is 4.76. The van der Waals surface area contributed by atoms with E-state index in [4.69, 9.17) is 30.3 Å². The molecule has 4 aromatic rings. The van der Waals surface area contributed by atoms with Crippen LogP contribution in [0.15, 0.2) is 40.9 Å². The number of methoxy groups -OCH3 is 1. The van der Waals surface area contributed by atoms with Crippen molar-refractivity contribution in [2.24, 2.45) is 0 Å². The molecule has 0 bridgehead atoms. The Kier molecular flexibility index (Phi) is 8.00. The molecule has 0 spiro atoms. The highest BCUT2D eigenvalue weighted by Gasteiger charge is 2.43. The second-order valence-corrected chi connectivity index (χ2v) is 9.65. The van der Waals surface area contributed by atoms with Gasteiger partial charge < -0.3 is 18.7 Å². The quantitative estimate of drug-likeness (QED) is 0.244. The van der Waals surface area contributed by atoms with Gasteiger partial charge in [-0.05, 0) is 49.2 Å². The highest BCUT2D eigenvalue weighted by atomic mass is 35.5. The SMILES string of the molecule is CCOC(=O)CCc1nc(C[C@H]2O[C@H](c3cccc(OC)c3C)c3cc(Cl)ccc3-n3c2nnc3C(F)(F)F)no1. The smallest absolute Gasteiger partial charge is 0.452 e. The summed E-state index contributed by atoms with van der Waals surface area (Å²) in [4.78, 5) is 16.0. The molecule has 2 aromatic heterocycles. The largest absolute Gasteiger partial charge is 0.496 e. The van der Waals surface area contributed by atoms with Gasteiger partial charge in [0.1, 0.15) is 18.0 Å². The minimum Gasteiger partial charge on any atom is -0.496 e. The first-order valence-corrected chi connectivity index (χ1v) is 13.1. The van der Waals surface area contributed by atoms with Crippen molar-refractivity contribution in [1.29, 1.82) is 0 Å². The Hall–Kier alpha value is -3.97. The fraction of sp³-hybridized carbons (Fsp3) is 0.370. The molecule has 5 rings (SSSR count). The van der Waals surface area contributed by atoms with Crippen LogP contribution in [0.1, 0.15) is 65.6 Å². The molecular weight excluding hydrogens is 567 g/mol.